The summed E-state index contributed by atoms with van der Waals surface area (Å²) in [4.78, 5) is 2.18. The van der Waals surface area contributed by atoms with Gasteiger partial charge in [-0.05, 0) is 20.0 Å². The molecule has 86 valence electrons. The van der Waals surface area contributed by atoms with Crippen LogP contribution in [0.1, 0.15) is 31.0 Å². The lowest BCUT2D eigenvalue weighted by atomic mass is 10.1. The molecule has 0 atom stereocenters. The van der Waals surface area contributed by atoms with Crippen LogP contribution in [0.25, 0.3) is 0 Å². The molecule has 1 aromatic heterocycles. The molecule has 3 nitrogen and oxygen atoms in total. The van der Waals surface area contributed by atoms with Crippen molar-refractivity contribution in [1.82, 2.24) is 14.7 Å². The molecule has 0 N–H and O–H groups in total. The van der Waals surface area contributed by atoms with Crippen molar-refractivity contribution in [2.45, 2.75) is 31.6 Å². The molecule has 0 aliphatic rings. The molecule has 0 spiro atoms. The van der Waals surface area contributed by atoms with Crippen molar-refractivity contribution in [3.05, 3.63) is 17.5 Å². The van der Waals surface area contributed by atoms with Crippen LogP contribution in [0.5, 0.6) is 0 Å². The second-order valence-electron chi connectivity index (χ2n) is 4.37. The Balaban J connectivity index is 2.82. The summed E-state index contributed by atoms with van der Waals surface area (Å²) in [7, 11) is 4.17. The van der Waals surface area contributed by atoms with E-state index in [0.717, 1.165) is 18.4 Å². The van der Waals surface area contributed by atoms with Crippen molar-refractivity contribution in [3.8, 4) is 0 Å². The van der Waals surface area contributed by atoms with Gasteiger partial charge in [0.25, 0.3) is 0 Å². The van der Waals surface area contributed by atoms with Crippen LogP contribution in [0.3, 0.4) is 0 Å². The van der Waals surface area contributed by atoms with Gasteiger partial charge < -0.3 is 4.90 Å². The zero-order chi connectivity index (χ0) is 11.4. The second kappa shape index (κ2) is 5.66. The summed E-state index contributed by atoms with van der Waals surface area (Å²) in [6, 6.07) is 0. The summed E-state index contributed by atoms with van der Waals surface area (Å²) in [6.07, 6.45) is 1.97. The maximum Gasteiger partial charge on any atom is 0.0539 e. The fraction of sp³-hybridized carbons (Fsp3) is 0.727. The van der Waals surface area contributed by atoms with E-state index in [-0.39, 0.29) is 0 Å². The van der Waals surface area contributed by atoms with E-state index in [1.54, 1.807) is 0 Å². The number of aromatic nitrogens is 2. The first kappa shape index (κ1) is 12.7. The van der Waals surface area contributed by atoms with Crippen LogP contribution in [0.4, 0.5) is 0 Å². The minimum atomic E-state index is 0.530. The van der Waals surface area contributed by atoms with Crippen molar-refractivity contribution in [2.24, 2.45) is 0 Å². The first-order valence-corrected chi connectivity index (χ1v) is 6.43. The lowest BCUT2D eigenvalue weighted by Crippen LogP contribution is -2.20. The van der Waals surface area contributed by atoms with Crippen LogP contribution in [-0.2, 0) is 11.9 Å². The Hall–Kier alpha value is -0.350. The number of rotatable bonds is 5. The first-order valence-electron chi connectivity index (χ1n) is 5.31. The molecule has 0 saturated carbocycles. The van der Waals surface area contributed by atoms with Crippen molar-refractivity contribution in [1.29, 1.82) is 0 Å². The zero-order valence-corrected chi connectivity index (χ0v) is 11.6. The zero-order valence-electron chi connectivity index (χ0n) is 10.00. The van der Waals surface area contributed by atoms with Crippen LogP contribution < -0.4 is 0 Å². The topological polar surface area (TPSA) is 21.1 Å². The molecule has 0 saturated heterocycles. The summed E-state index contributed by atoms with van der Waals surface area (Å²) in [6.45, 7) is 6.43. The van der Waals surface area contributed by atoms with Gasteiger partial charge in [-0.1, -0.05) is 29.8 Å². The lowest BCUT2D eigenvalue weighted by Gasteiger charge is -2.14. The monoisotopic (exact) mass is 273 g/mol. The van der Waals surface area contributed by atoms with Crippen LogP contribution >= 0.6 is 15.9 Å². The minimum Gasteiger partial charge on any atom is -0.308 e. The molecule has 0 amide bonds. The van der Waals surface area contributed by atoms with Crippen LogP contribution in [-0.4, -0.2) is 35.3 Å². The molecule has 0 fully saturated rings. The van der Waals surface area contributed by atoms with E-state index in [2.05, 4.69) is 58.6 Å². The molecule has 1 heterocycles. The van der Waals surface area contributed by atoms with Crippen molar-refractivity contribution < 1.29 is 0 Å². The Kier molecular flexibility index (Phi) is 4.80. The third-order valence-electron chi connectivity index (χ3n) is 2.41. The molecular weight excluding hydrogens is 254 g/mol. The SMILES string of the molecule is CC(C)c1c(CBr)cnn1CCN(C)C. The fourth-order valence-electron chi connectivity index (χ4n) is 1.68. The van der Waals surface area contributed by atoms with Gasteiger partial charge >= 0.3 is 0 Å². The van der Waals surface area contributed by atoms with Gasteiger partial charge in [-0.25, -0.2) is 0 Å². The number of hydrogen-bond donors (Lipinski definition) is 0. The Morgan fingerprint density at radius 1 is 1.47 bits per heavy atom. The quantitative estimate of drug-likeness (QED) is 0.769. The van der Waals surface area contributed by atoms with E-state index in [4.69, 9.17) is 0 Å². The van der Waals surface area contributed by atoms with Crippen molar-refractivity contribution >= 4 is 15.9 Å². The molecule has 15 heavy (non-hydrogen) atoms. The average molecular weight is 274 g/mol. The number of hydrogen-bond acceptors (Lipinski definition) is 2. The van der Waals surface area contributed by atoms with E-state index >= 15 is 0 Å². The Labute approximate surface area is 101 Å². The predicted octanol–water partition coefficient (Wildman–Crippen LogP) is 2.46. The summed E-state index contributed by atoms with van der Waals surface area (Å²) in [5.41, 5.74) is 2.66. The lowest BCUT2D eigenvalue weighted by molar-refractivity contribution is 0.367. The maximum atomic E-state index is 4.44. The Bertz CT molecular complexity index is 305. The highest BCUT2D eigenvalue weighted by Crippen LogP contribution is 2.21. The fourth-order valence-corrected chi connectivity index (χ4v) is 2.11. The largest absolute Gasteiger partial charge is 0.308 e. The summed E-state index contributed by atoms with van der Waals surface area (Å²) < 4.78 is 2.13. The highest BCUT2D eigenvalue weighted by atomic mass is 79.9. The molecule has 0 bridgehead atoms. The first-order chi connectivity index (χ1) is 7.06. The second-order valence-corrected chi connectivity index (χ2v) is 4.93. The van der Waals surface area contributed by atoms with Crippen LogP contribution in [0, 0.1) is 0 Å². The molecule has 0 unspecified atom stereocenters. The Morgan fingerprint density at radius 3 is 2.60 bits per heavy atom. The van der Waals surface area contributed by atoms with E-state index in [1.807, 2.05) is 6.20 Å². The standard InChI is InChI=1S/C11H20BrN3/c1-9(2)11-10(7-12)8-13-15(11)6-5-14(3)4/h8-9H,5-7H2,1-4H3. The smallest absolute Gasteiger partial charge is 0.0539 e. The summed E-state index contributed by atoms with van der Waals surface area (Å²) in [5, 5.41) is 5.33. The van der Waals surface area contributed by atoms with Crippen LogP contribution in [0.2, 0.25) is 0 Å². The molecule has 0 aromatic carbocycles. The van der Waals surface area contributed by atoms with E-state index in [0.29, 0.717) is 5.92 Å². The van der Waals surface area contributed by atoms with Crippen molar-refractivity contribution in [3.63, 3.8) is 0 Å². The minimum absolute atomic E-state index is 0.530. The van der Waals surface area contributed by atoms with Gasteiger partial charge in [0.15, 0.2) is 0 Å². The van der Waals surface area contributed by atoms with Crippen molar-refractivity contribution in [2.75, 3.05) is 20.6 Å². The highest BCUT2D eigenvalue weighted by Gasteiger charge is 2.12. The maximum absolute atomic E-state index is 4.44. The van der Waals surface area contributed by atoms with Gasteiger partial charge in [-0.15, -0.1) is 0 Å². The normalized spacial score (nSPS) is 11.7. The van der Waals surface area contributed by atoms with Crippen LogP contribution in [0.15, 0.2) is 6.20 Å². The van der Waals surface area contributed by atoms with Gasteiger partial charge in [0.05, 0.1) is 12.7 Å². The third-order valence-corrected chi connectivity index (χ3v) is 3.01. The van der Waals surface area contributed by atoms with Gasteiger partial charge in [0.1, 0.15) is 0 Å². The Morgan fingerprint density at radius 2 is 2.13 bits per heavy atom. The average Bonchev–Trinajstić information content (AvgIpc) is 2.57. The van der Waals surface area contributed by atoms with Gasteiger partial charge in [0, 0.05) is 23.1 Å². The number of nitrogens with zero attached hydrogens (tertiary/aromatic N) is 3. The third kappa shape index (κ3) is 3.31. The molecule has 4 heteroatoms. The van der Waals surface area contributed by atoms with E-state index in [9.17, 15) is 0 Å². The molecule has 0 aliphatic carbocycles. The summed E-state index contributed by atoms with van der Waals surface area (Å²) in [5.74, 6) is 0.530. The number of halogens is 1. The van der Waals surface area contributed by atoms with Gasteiger partial charge in [-0.3, -0.25) is 4.68 Å². The molecule has 1 rings (SSSR count). The number of alkyl halides is 1. The molecule has 1 aromatic rings. The number of likely N-dealkylation sites (N-methyl/N-ethyl adjacent to an activating group) is 1. The molecule has 0 radical (unpaired) electrons. The van der Waals surface area contributed by atoms with E-state index in [1.165, 1.54) is 11.3 Å². The predicted molar refractivity (Wildman–Crippen MR) is 67.5 cm³/mol. The summed E-state index contributed by atoms with van der Waals surface area (Å²) >= 11 is 3.51. The highest BCUT2D eigenvalue weighted by molar-refractivity contribution is 9.08. The van der Waals surface area contributed by atoms with Gasteiger partial charge in [0.2, 0.25) is 0 Å². The molecule has 0 aliphatic heterocycles. The molecular formula is C11H20BrN3. The van der Waals surface area contributed by atoms with E-state index < -0.39 is 0 Å². The van der Waals surface area contributed by atoms with Gasteiger partial charge in [-0.2, -0.15) is 5.10 Å².